The van der Waals surface area contributed by atoms with Crippen molar-refractivity contribution in [2.45, 2.75) is 56.5 Å². The van der Waals surface area contributed by atoms with E-state index in [9.17, 15) is 13.2 Å². The van der Waals surface area contributed by atoms with Gasteiger partial charge in [-0.15, -0.1) is 0 Å². The number of aryl methyl sites for hydroxylation is 1. The van der Waals surface area contributed by atoms with Gasteiger partial charge in [0.25, 0.3) is 0 Å². The van der Waals surface area contributed by atoms with Crippen LogP contribution in [0.15, 0.2) is 59.1 Å². The van der Waals surface area contributed by atoms with E-state index >= 15 is 0 Å². The Morgan fingerprint density at radius 2 is 1.59 bits per heavy atom. The van der Waals surface area contributed by atoms with Gasteiger partial charge in [-0.25, -0.2) is 0 Å². The van der Waals surface area contributed by atoms with Crippen LogP contribution >= 0.6 is 0 Å². The second kappa shape index (κ2) is 8.01. The standard InChI is InChI=1S/C23H23F3N2O/c24-23(25,26)19-11-9-17(10-12-19)21-27-20(29-28-21)13-16-22(14-5-2-6-15-22)18-7-3-1-4-8-18/h1,3-4,7-12H,2,5-6,13-16H2. The molecule has 0 bridgehead atoms. The summed E-state index contributed by atoms with van der Waals surface area (Å²) in [6, 6.07) is 15.4. The largest absolute Gasteiger partial charge is 0.416 e. The normalized spacial score (nSPS) is 16.7. The molecule has 0 unspecified atom stereocenters. The van der Waals surface area contributed by atoms with Crippen LogP contribution in [0, 0.1) is 0 Å². The summed E-state index contributed by atoms with van der Waals surface area (Å²) in [5.74, 6) is 0.854. The van der Waals surface area contributed by atoms with Crippen LogP contribution in [0.1, 0.15) is 55.5 Å². The van der Waals surface area contributed by atoms with Crippen LogP contribution in [-0.4, -0.2) is 10.1 Å². The summed E-state index contributed by atoms with van der Waals surface area (Å²) >= 11 is 0. The summed E-state index contributed by atoms with van der Waals surface area (Å²) in [7, 11) is 0. The van der Waals surface area contributed by atoms with Crippen molar-refractivity contribution < 1.29 is 17.7 Å². The minimum atomic E-state index is -4.35. The number of hydrogen-bond acceptors (Lipinski definition) is 3. The average molecular weight is 400 g/mol. The van der Waals surface area contributed by atoms with Crippen molar-refractivity contribution in [1.82, 2.24) is 10.1 Å². The second-order valence-electron chi connectivity index (χ2n) is 7.79. The van der Waals surface area contributed by atoms with E-state index in [1.54, 1.807) is 0 Å². The zero-order valence-corrected chi connectivity index (χ0v) is 16.1. The molecular weight excluding hydrogens is 377 g/mol. The van der Waals surface area contributed by atoms with Gasteiger partial charge in [0.2, 0.25) is 11.7 Å². The maximum Gasteiger partial charge on any atom is 0.416 e. The Balaban J connectivity index is 1.48. The van der Waals surface area contributed by atoms with Crippen molar-refractivity contribution >= 4 is 0 Å². The third kappa shape index (κ3) is 4.36. The molecule has 1 fully saturated rings. The number of hydrogen-bond donors (Lipinski definition) is 0. The fourth-order valence-electron chi connectivity index (χ4n) is 4.33. The summed E-state index contributed by atoms with van der Waals surface area (Å²) in [4.78, 5) is 4.42. The predicted molar refractivity (Wildman–Crippen MR) is 104 cm³/mol. The summed E-state index contributed by atoms with van der Waals surface area (Å²) in [5.41, 5.74) is 1.32. The highest BCUT2D eigenvalue weighted by molar-refractivity contribution is 5.54. The predicted octanol–water partition coefficient (Wildman–Crippen LogP) is 6.59. The Bertz CT molecular complexity index is 927. The second-order valence-corrected chi connectivity index (χ2v) is 7.79. The Hall–Kier alpha value is -2.63. The Labute approximate surface area is 168 Å². The van der Waals surface area contributed by atoms with Crippen LogP contribution in [0.4, 0.5) is 13.2 Å². The number of rotatable bonds is 5. The fourth-order valence-corrected chi connectivity index (χ4v) is 4.33. The van der Waals surface area contributed by atoms with Gasteiger partial charge in [0.15, 0.2) is 0 Å². The maximum atomic E-state index is 12.7. The highest BCUT2D eigenvalue weighted by Gasteiger charge is 2.34. The summed E-state index contributed by atoms with van der Waals surface area (Å²) < 4.78 is 43.6. The lowest BCUT2D eigenvalue weighted by Gasteiger charge is -2.38. The van der Waals surface area contributed by atoms with E-state index in [0.717, 1.165) is 31.4 Å². The maximum absolute atomic E-state index is 12.7. The molecule has 1 aliphatic carbocycles. The lowest BCUT2D eigenvalue weighted by molar-refractivity contribution is -0.137. The molecule has 4 rings (SSSR count). The first kappa shape index (κ1) is 19.7. The molecule has 0 amide bonds. The van der Waals surface area contributed by atoms with Crippen molar-refractivity contribution in [1.29, 1.82) is 0 Å². The van der Waals surface area contributed by atoms with Gasteiger partial charge in [-0.05, 0) is 42.4 Å². The van der Waals surface area contributed by atoms with Crippen LogP contribution in [-0.2, 0) is 18.0 Å². The molecule has 0 radical (unpaired) electrons. The number of aromatic nitrogens is 2. The molecule has 0 N–H and O–H groups in total. The molecular formula is C23H23F3N2O. The van der Waals surface area contributed by atoms with Gasteiger partial charge in [0.05, 0.1) is 5.56 Å². The fraction of sp³-hybridized carbons (Fsp3) is 0.391. The molecule has 0 aliphatic heterocycles. The van der Waals surface area contributed by atoms with Gasteiger partial charge in [-0.2, -0.15) is 18.2 Å². The first-order valence-electron chi connectivity index (χ1n) is 10.0. The molecule has 29 heavy (non-hydrogen) atoms. The molecule has 0 atom stereocenters. The van der Waals surface area contributed by atoms with Gasteiger partial charge in [0.1, 0.15) is 0 Å². The van der Waals surface area contributed by atoms with Crippen LogP contribution in [0.3, 0.4) is 0 Å². The van der Waals surface area contributed by atoms with Crippen LogP contribution < -0.4 is 0 Å². The van der Waals surface area contributed by atoms with Crippen LogP contribution in [0.2, 0.25) is 0 Å². The summed E-state index contributed by atoms with van der Waals surface area (Å²) in [5, 5.41) is 3.97. The molecule has 1 saturated carbocycles. The highest BCUT2D eigenvalue weighted by atomic mass is 19.4. The van der Waals surface area contributed by atoms with Crippen molar-refractivity contribution in [2.24, 2.45) is 0 Å². The smallest absolute Gasteiger partial charge is 0.339 e. The van der Waals surface area contributed by atoms with Crippen molar-refractivity contribution in [3.8, 4) is 11.4 Å². The zero-order valence-electron chi connectivity index (χ0n) is 16.1. The van der Waals surface area contributed by atoms with E-state index < -0.39 is 11.7 Å². The highest BCUT2D eigenvalue weighted by Crippen LogP contribution is 2.43. The zero-order chi connectivity index (χ0) is 20.3. The van der Waals surface area contributed by atoms with Gasteiger partial charge in [-0.1, -0.05) is 66.9 Å². The van der Waals surface area contributed by atoms with E-state index in [2.05, 4.69) is 34.4 Å². The lowest BCUT2D eigenvalue weighted by Crippen LogP contribution is -2.29. The van der Waals surface area contributed by atoms with Gasteiger partial charge < -0.3 is 4.52 Å². The monoisotopic (exact) mass is 400 g/mol. The molecule has 2 aromatic carbocycles. The topological polar surface area (TPSA) is 38.9 Å². The van der Waals surface area contributed by atoms with Crippen LogP contribution in [0.5, 0.6) is 0 Å². The quantitative estimate of drug-likeness (QED) is 0.485. The van der Waals surface area contributed by atoms with Crippen LogP contribution in [0.25, 0.3) is 11.4 Å². The van der Waals surface area contributed by atoms with Gasteiger partial charge >= 0.3 is 6.18 Å². The molecule has 1 aromatic heterocycles. The molecule has 0 spiro atoms. The minimum absolute atomic E-state index is 0.127. The summed E-state index contributed by atoms with van der Waals surface area (Å²) in [6.07, 6.45) is 3.23. The van der Waals surface area contributed by atoms with Crippen molar-refractivity contribution in [2.75, 3.05) is 0 Å². The van der Waals surface area contributed by atoms with Gasteiger partial charge in [-0.3, -0.25) is 0 Å². The Morgan fingerprint density at radius 1 is 0.897 bits per heavy atom. The molecule has 3 nitrogen and oxygen atoms in total. The number of benzene rings is 2. The van der Waals surface area contributed by atoms with E-state index in [1.807, 2.05) is 6.07 Å². The molecule has 1 aliphatic rings. The first-order valence-corrected chi connectivity index (χ1v) is 10.0. The molecule has 6 heteroatoms. The van der Waals surface area contributed by atoms with Crippen molar-refractivity contribution in [3.05, 3.63) is 71.6 Å². The number of alkyl halides is 3. The third-order valence-corrected chi connectivity index (χ3v) is 5.95. The SMILES string of the molecule is FC(F)(F)c1ccc(-c2noc(CCC3(c4ccccc4)CCCCC3)n2)cc1. The molecule has 3 aromatic rings. The Morgan fingerprint density at radius 3 is 2.24 bits per heavy atom. The first-order chi connectivity index (χ1) is 14.0. The summed E-state index contributed by atoms with van der Waals surface area (Å²) in [6.45, 7) is 0. The molecule has 1 heterocycles. The minimum Gasteiger partial charge on any atom is -0.339 e. The number of nitrogens with zero attached hydrogens (tertiary/aromatic N) is 2. The van der Waals surface area contributed by atoms with E-state index in [1.165, 1.54) is 37.0 Å². The third-order valence-electron chi connectivity index (χ3n) is 5.95. The van der Waals surface area contributed by atoms with E-state index in [-0.39, 0.29) is 5.41 Å². The lowest BCUT2D eigenvalue weighted by atomic mass is 9.67. The average Bonchev–Trinajstić information content (AvgIpc) is 3.22. The molecule has 152 valence electrons. The molecule has 0 saturated heterocycles. The van der Waals surface area contributed by atoms with Gasteiger partial charge in [0, 0.05) is 12.0 Å². The van der Waals surface area contributed by atoms with Crippen molar-refractivity contribution in [3.63, 3.8) is 0 Å². The van der Waals surface area contributed by atoms with E-state index in [0.29, 0.717) is 23.7 Å². The number of halogens is 3. The van der Waals surface area contributed by atoms with E-state index in [4.69, 9.17) is 4.52 Å². The Kier molecular flexibility index (Phi) is 5.43.